The van der Waals surface area contributed by atoms with Crippen molar-refractivity contribution in [3.8, 4) is 11.4 Å². The Bertz CT molecular complexity index is 3110. The number of benzene rings is 9. The molecule has 0 amide bonds. The zero-order valence-electron chi connectivity index (χ0n) is 26.1. The minimum atomic E-state index is 1.17. The summed E-state index contributed by atoms with van der Waals surface area (Å²) in [4.78, 5) is 0. The first-order valence-corrected chi connectivity index (χ1v) is 16.6. The smallest absolute Gasteiger partial charge is 0.0549 e. The summed E-state index contributed by atoms with van der Waals surface area (Å²) < 4.78 is 4.92. The van der Waals surface area contributed by atoms with Gasteiger partial charge < -0.3 is 9.13 Å². The normalized spacial score (nSPS) is 12.2. The molecule has 2 heteroatoms. The van der Waals surface area contributed by atoms with Crippen LogP contribution in [0.5, 0.6) is 0 Å². The lowest BCUT2D eigenvalue weighted by atomic mass is 9.97. The van der Waals surface area contributed by atoms with E-state index in [1.807, 2.05) is 0 Å². The van der Waals surface area contributed by atoms with Gasteiger partial charge >= 0.3 is 0 Å². The largest absolute Gasteiger partial charge is 0.309 e. The summed E-state index contributed by atoms with van der Waals surface area (Å²) in [6.07, 6.45) is 0. The van der Waals surface area contributed by atoms with Gasteiger partial charge in [0.05, 0.1) is 27.8 Å². The maximum absolute atomic E-state index is 2.46. The van der Waals surface area contributed by atoms with E-state index < -0.39 is 0 Å². The molecule has 0 radical (unpaired) electrons. The standard InChI is InChI=1S/C46H28N2/c1-3-13-33-30(11-1)20-23-37-34-25-22-32(28-31(34)21-24-36(33)37)47-41-17-7-5-15-38(41)45-43(47)26-27-44-46(45)39-16-6-8-18-42(39)48(44)40-19-9-12-29-10-2-4-14-35(29)40/h1-28H. The highest BCUT2D eigenvalue weighted by molar-refractivity contribution is 6.29. The van der Waals surface area contributed by atoms with Crippen LogP contribution in [0, 0.1) is 0 Å². The van der Waals surface area contributed by atoms with E-state index in [4.69, 9.17) is 0 Å². The Morgan fingerprint density at radius 3 is 1.50 bits per heavy atom. The Labute approximate surface area is 276 Å². The predicted octanol–water partition coefficient (Wildman–Crippen LogP) is 12.5. The van der Waals surface area contributed by atoms with Gasteiger partial charge in [-0.05, 0) is 80.2 Å². The summed E-state index contributed by atoms with van der Waals surface area (Å²) in [5.41, 5.74) is 7.25. The molecule has 48 heavy (non-hydrogen) atoms. The molecule has 2 heterocycles. The van der Waals surface area contributed by atoms with E-state index >= 15 is 0 Å². The van der Waals surface area contributed by atoms with Crippen molar-refractivity contribution < 1.29 is 0 Å². The minimum absolute atomic E-state index is 1.17. The van der Waals surface area contributed by atoms with E-state index in [2.05, 4.69) is 179 Å². The van der Waals surface area contributed by atoms with Gasteiger partial charge in [-0.15, -0.1) is 0 Å². The van der Waals surface area contributed by atoms with Crippen LogP contribution in [-0.4, -0.2) is 9.13 Å². The van der Waals surface area contributed by atoms with E-state index in [-0.39, 0.29) is 0 Å². The molecule has 2 aromatic heterocycles. The molecule has 0 saturated heterocycles. The van der Waals surface area contributed by atoms with Crippen LogP contribution in [0.1, 0.15) is 0 Å². The first-order valence-electron chi connectivity index (χ1n) is 16.6. The zero-order chi connectivity index (χ0) is 31.3. The Hall–Kier alpha value is -6.38. The molecule has 9 aromatic carbocycles. The van der Waals surface area contributed by atoms with Crippen LogP contribution in [0.3, 0.4) is 0 Å². The van der Waals surface area contributed by atoms with Crippen LogP contribution in [-0.2, 0) is 0 Å². The number of rotatable bonds is 2. The molecule has 0 bridgehead atoms. The van der Waals surface area contributed by atoms with Crippen molar-refractivity contribution in [1.82, 2.24) is 9.13 Å². The summed E-state index contributed by atoms with van der Waals surface area (Å²) in [5, 5.41) is 15.3. The second-order valence-corrected chi connectivity index (χ2v) is 12.9. The number of fused-ring (bicyclic) bond motifs is 13. The molecule has 0 unspecified atom stereocenters. The van der Waals surface area contributed by atoms with Crippen molar-refractivity contribution in [1.29, 1.82) is 0 Å². The number of hydrogen-bond donors (Lipinski definition) is 0. The monoisotopic (exact) mass is 608 g/mol. The van der Waals surface area contributed by atoms with Crippen LogP contribution in [0.4, 0.5) is 0 Å². The molecule has 0 atom stereocenters. The van der Waals surface area contributed by atoms with Crippen LogP contribution in [0.15, 0.2) is 170 Å². The minimum Gasteiger partial charge on any atom is -0.309 e. The lowest BCUT2D eigenvalue weighted by Gasteiger charge is -2.13. The van der Waals surface area contributed by atoms with Gasteiger partial charge in [-0.25, -0.2) is 0 Å². The highest BCUT2D eigenvalue weighted by Gasteiger charge is 2.21. The third-order valence-corrected chi connectivity index (χ3v) is 10.5. The molecule has 0 aliphatic carbocycles. The first-order chi connectivity index (χ1) is 23.8. The van der Waals surface area contributed by atoms with E-state index in [0.717, 1.165) is 0 Å². The van der Waals surface area contributed by atoms with Crippen molar-refractivity contribution in [3.05, 3.63) is 170 Å². The molecule has 0 fully saturated rings. The van der Waals surface area contributed by atoms with E-state index in [0.29, 0.717) is 0 Å². The maximum Gasteiger partial charge on any atom is 0.0549 e. The summed E-state index contributed by atoms with van der Waals surface area (Å²) in [7, 11) is 0. The average molecular weight is 609 g/mol. The molecular weight excluding hydrogens is 581 g/mol. The molecule has 0 saturated carbocycles. The Morgan fingerprint density at radius 1 is 0.271 bits per heavy atom. The number of aromatic nitrogens is 2. The van der Waals surface area contributed by atoms with Crippen molar-refractivity contribution in [2.75, 3.05) is 0 Å². The molecule has 222 valence electrons. The zero-order valence-corrected chi connectivity index (χ0v) is 26.1. The summed E-state index contributed by atoms with van der Waals surface area (Å²) in [5.74, 6) is 0. The number of para-hydroxylation sites is 2. The fourth-order valence-electron chi connectivity index (χ4n) is 8.41. The van der Waals surface area contributed by atoms with Crippen molar-refractivity contribution in [2.24, 2.45) is 0 Å². The molecule has 0 aliphatic heterocycles. The van der Waals surface area contributed by atoms with E-state index in [1.165, 1.54) is 98.1 Å². The van der Waals surface area contributed by atoms with E-state index in [9.17, 15) is 0 Å². The Morgan fingerprint density at radius 2 is 0.771 bits per heavy atom. The molecule has 11 aromatic rings. The van der Waals surface area contributed by atoms with Crippen LogP contribution < -0.4 is 0 Å². The second kappa shape index (κ2) is 9.57. The fraction of sp³-hybridized carbons (Fsp3) is 0. The van der Waals surface area contributed by atoms with Crippen LogP contribution in [0.25, 0.3) is 98.1 Å². The van der Waals surface area contributed by atoms with Crippen molar-refractivity contribution in [2.45, 2.75) is 0 Å². The third-order valence-electron chi connectivity index (χ3n) is 10.5. The van der Waals surface area contributed by atoms with Gasteiger partial charge in [-0.2, -0.15) is 0 Å². The summed E-state index contributed by atoms with van der Waals surface area (Å²) in [6.45, 7) is 0. The Balaban J connectivity index is 1.22. The third kappa shape index (κ3) is 3.41. The molecular formula is C46H28N2. The van der Waals surface area contributed by atoms with Gasteiger partial charge in [0.2, 0.25) is 0 Å². The number of nitrogens with zero attached hydrogens (tertiary/aromatic N) is 2. The van der Waals surface area contributed by atoms with Crippen molar-refractivity contribution in [3.63, 3.8) is 0 Å². The lowest BCUT2D eigenvalue weighted by molar-refractivity contribution is 1.18. The Kier molecular flexibility index (Phi) is 5.14. The molecule has 2 nitrogen and oxygen atoms in total. The maximum atomic E-state index is 2.46. The van der Waals surface area contributed by atoms with Gasteiger partial charge in [0.1, 0.15) is 0 Å². The topological polar surface area (TPSA) is 9.86 Å². The van der Waals surface area contributed by atoms with Gasteiger partial charge in [0.25, 0.3) is 0 Å². The molecule has 0 aliphatic rings. The summed E-state index contributed by atoms with van der Waals surface area (Å²) >= 11 is 0. The second-order valence-electron chi connectivity index (χ2n) is 12.9. The SMILES string of the molecule is c1ccc2c(-n3c4ccccc4c4c5c6ccccc6n(-c6ccc7c(ccc8c9ccccc9ccc78)c6)c5ccc43)cccc2c1. The average Bonchev–Trinajstić information content (AvgIpc) is 3.67. The van der Waals surface area contributed by atoms with Gasteiger partial charge in [0.15, 0.2) is 0 Å². The van der Waals surface area contributed by atoms with Crippen LogP contribution >= 0.6 is 0 Å². The first kappa shape index (κ1) is 25.8. The fourth-order valence-corrected chi connectivity index (χ4v) is 8.41. The van der Waals surface area contributed by atoms with Gasteiger partial charge in [-0.1, -0.05) is 127 Å². The van der Waals surface area contributed by atoms with E-state index in [1.54, 1.807) is 0 Å². The van der Waals surface area contributed by atoms with Gasteiger partial charge in [0, 0.05) is 32.6 Å². The van der Waals surface area contributed by atoms with Crippen LogP contribution in [0.2, 0.25) is 0 Å². The highest BCUT2D eigenvalue weighted by Crippen LogP contribution is 2.43. The molecule has 11 rings (SSSR count). The van der Waals surface area contributed by atoms with Crippen molar-refractivity contribution >= 4 is 86.7 Å². The van der Waals surface area contributed by atoms with Gasteiger partial charge in [-0.3, -0.25) is 0 Å². The lowest BCUT2D eigenvalue weighted by Crippen LogP contribution is -1.96. The summed E-state index contributed by atoms with van der Waals surface area (Å²) in [6, 6.07) is 62.5. The quantitative estimate of drug-likeness (QED) is 0.173. The highest BCUT2D eigenvalue weighted by atomic mass is 15.0. The predicted molar refractivity (Wildman–Crippen MR) is 205 cm³/mol. The molecule has 0 spiro atoms. The number of hydrogen-bond acceptors (Lipinski definition) is 0. The molecule has 0 N–H and O–H groups in total.